The first-order valence-corrected chi connectivity index (χ1v) is 11.6. The summed E-state index contributed by atoms with van der Waals surface area (Å²) in [6, 6.07) is 1.05. The molecule has 0 heterocycles. The first-order valence-electron chi connectivity index (χ1n) is 11.6. The van der Waals surface area contributed by atoms with Crippen LogP contribution in [-0.2, 0) is 30.4 Å². The van der Waals surface area contributed by atoms with Crippen molar-refractivity contribution < 1.29 is 43.8 Å². The molecule has 4 N–H and O–H groups in total. The highest BCUT2D eigenvalue weighted by Crippen LogP contribution is 2.51. The van der Waals surface area contributed by atoms with Crippen LogP contribution in [0.5, 0.6) is 5.75 Å². The molecule has 12 nitrogen and oxygen atoms in total. The molecule has 0 aliphatic heterocycles. The molecule has 0 saturated heterocycles. The molecule has 0 radical (unpaired) electrons. The number of hydrogen-bond acceptors (Lipinski definition) is 10. The number of nitrogens with zero attached hydrogens (tertiary/aromatic N) is 2. The smallest absolute Gasteiger partial charge is 0.294 e. The second-order valence-electron chi connectivity index (χ2n) is 10.3. The maximum absolute atomic E-state index is 13.7. The van der Waals surface area contributed by atoms with E-state index in [4.69, 9.17) is 5.73 Å². The standard InChI is InChI=1S/C25H27N3O9/c1-27(2)17-12-8-9-7-11-10(18(30)24(36)28(3)4)5-6-13(29)15(11)19(31)14(9)21(33)25(12,37)22(34)16(20(17)32)23(26)35/h5-6,9,12,14,16-17,29,37H,7-8H2,1-4H3,(H2,26,35). The first kappa shape index (κ1) is 26.3. The van der Waals surface area contributed by atoms with E-state index in [9.17, 15) is 43.8 Å². The predicted octanol–water partition coefficient (Wildman–Crippen LogP) is -1.86. The topological polar surface area (TPSA) is 192 Å². The van der Waals surface area contributed by atoms with Crippen LogP contribution in [-0.4, -0.2) is 101 Å². The van der Waals surface area contributed by atoms with Crippen LogP contribution in [0.25, 0.3) is 0 Å². The molecule has 2 amide bonds. The Labute approximate surface area is 211 Å². The number of nitrogens with two attached hydrogens (primary N) is 1. The Hall–Kier alpha value is -3.77. The largest absolute Gasteiger partial charge is 0.507 e. The van der Waals surface area contributed by atoms with E-state index in [1.54, 1.807) is 0 Å². The molecule has 6 atom stereocenters. The third-order valence-electron chi connectivity index (χ3n) is 7.79. The maximum atomic E-state index is 13.7. The lowest BCUT2D eigenvalue weighted by Gasteiger charge is -2.52. The van der Waals surface area contributed by atoms with Gasteiger partial charge in [-0.05, 0) is 50.6 Å². The highest BCUT2D eigenvalue weighted by molar-refractivity contribution is 6.43. The number of hydrogen-bond donors (Lipinski definition) is 3. The predicted molar refractivity (Wildman–Crippen MR) is 124 cm³/mol. The molecule has 0 spiro atoms. The molecule has 0 aromatic heterocycles. The second kappa shape index (κ2) is 8.67. The van der Waals surface area contributed by atoms with Crippen LogP contribution in [0.1, 0.15) is 32.7 Å². The lowest BCUT2D eigenvalue weighted by molar-refractivity contribution is -0.181. The van der Waals surface area contributed by atoms with Gasteiger partial charge in [0, 0.05) is 25.6 Å². The summed E-state index contributed by atoms with van der Waals surface area (Å²) in [7, 11) is 5.73. The average molecular weight is 514 g/mol. The van der Waals surface area contributed by atoms with Crippen LogP contribution in [0, 0.1) is 23.7 Å². The number of phenols is 1. The number of carbonyl (C=O) groups is 7. The van der Waals surface area contributed by atoms with Crippen LogP contribution in [0.15, 0.2) is 12.1 Å². The number of likely N-dealkylation sites (N-methyl/N-ethyl adjacent to an activating group) is 2. The van der Waals surface area contributed by atoms with E-state index in [-0.39, 0.29) is 29.5 Å². The van der Waals surface area contributed by atoms with Crippen LogP contribution >= 0.6 is 0 Å². The molecule has 37 heavy (non-hydrogen) atoms. The number of carbonyl (C=O) groups excluding carboxylic acids is 7. The Morgan fingerprint density at radius 1 is 1.03 bits per heavy atom. The molecular formula is C25H27N3O9. The number of rotatable bonds is 4. The molecule has 0 bridgehead atoms. The van der Waals surface area contributed by atoms with Crippen molar-refractivity contribution in [2.45, 2.75) is 24.5 Å². The number of phenolic OH excluding ortho intramolecular Hbond substituents is 1. The molecule has 4 rings (SSSR count). The summed E-state index contributed by atoms with van der Waals surface area (Å²) in [4.78, 5) is 93.3. The lowest BCUT2D eigenvalue weighted by atomic mass is 9.52. The molecular weight excluding hydrogens is 486 g/mol. The fraction of sp³-hybridized carbons (Fsp3) is 0.480. The number of benzene rings is 1. The summed E-state index contributed by atoms with van der Waals surface area (Å²) in [5.41, 5.74) is 2.08. The van der Waals surface area contributed by atoms with E-state index < -0.39 is 81.8 Å². The number of aromatic hydroxyl groups is 1. The SMILES string of the molecule is CN(C)C(=O)C(=O)c1ccc(O)c2c1CC1CC3C(N(C)C)C(=O)C(C(N)=O)C(=O)C3(O)C(=O)C1C2=O. The van der Waals surface area contributed by atoms with Gasteiger partial charge in [0.05, 0.1) is 17.5 Å². The van der Waals surface area contributed by atoms with E-state index >= 15 is 0 Å². The van der Waals surface area contributed by atoms with Gasteiger partial charge in [-0.25, -0.2) is 0 Å². The van der Waals surface area contributed by atoms with E-state index in [2.05, 4.69) is 0 Å². The molecule has 2 saturated carbocycles. The zero-order valence-corrected chi connectivity index (χ0v) is 20.7. The minimum atomic E-state index is -2.83. The monoisotopic (exact) mass is 513 g/mol. The highest BCUT2D eigenvalue weighted by atomic mass is 16.3. The van der Waals surface area contributed by atoms with Crippen molar-refractivity contribution in [1.82, 2.24) is 9.80 Å². The van der Waals surface area contributed by atoms with Gasteiger partial charge in [-0.2, -0.15) is 0 Å². The third kappa shape index (κ3) is 3.54. The fourth-order valence-corrected chi connectivity index (χ4v) is 6.14. The van der Waals surface area contributed by atoms with E-state index in [0.29, 0.717) is 0 Å². The number of Topliss-reactive ketones (excluding diaryl/α,β-unsaturated/α-hetero) is 5. The number of fused-ring (bicyclic) bond motifs is 3. The van der Waals surface area contributed by atoms with Crippen LogP contribution < -0.4 is 5.73 Å². The summed E-state index contributed by atoms with van der Waals surface area (Å²) in [6.07, 6.45) is -0.267. The average Bonchev–Trinajstić information content (AvgIpc) is 2.80. The Morgan fingerprint density at radius 3 is 2.19 bits per heavy atom. The fourth-order valence-electron chi connectivity index (χ4n) is 6.14. The second-order valence-corrected chi connectivity index (χ2v) is 10.3. The van der Waals surface area contributed by atoms with Gasteiger partial charge < -0.3 is 20.8 Å². The molecule has 1 aromatic carbocycles. The zero-order valence-electron chi connectivity index (χ0n) is 20.7. The quantitative estimate of drug-likeness (QED) is 0.233. The molecule has 6 unspecified atom stereocenters. The molecule has 1 aromatic rings. The van der Waals surface area contributed by atoms with Gasteiger partial charge in [0.2, 0.25) is 5.91 Å². The van der Waals surface area contributed by atoms with Gasteiger partial charge in [0.15, 0.2) is 34.7 Å². The summed E-state index contributed by atoms with van der Waals surface area (Å²) < 4.78 is 0. The summed E-state index contributed by atoms with van der Waals surface area (Å²) in [5.74, 6) is -13.7. The molecule has 3 aliphatic rings. The first-order chi connectivity index (χ1) is 17.2. The van der Waals surface area contributed by atoms with Crippen LogP contribution in [0.2, 0.25) is 0 Å². The van der Waals surface area contributed by atoms with E-state index in [0.717, 1.165) is 11.0 Å². The van der Waals surface area contributed by atoms with E-state index in [1.165, 1.54) is 39.2 Å². The lowest BCUT2D eigenvalue weighted by Crippen LogP contribution is -2.74. The zero-order chi connectivity index (χ0) is 27.7. The molecule has 12 heteroatoms. The van der Waals surface area contributed by atoms with Gasteiger partial charge in [0.1, 0.15) is 5.75 Å². The third-order valence-corrected chi connectivity index (χ3v) is 7.79. The highest BCUT2D eigenvalue weighted by Gasteiger charge is 2.69. The maximum Gasteiger partial charge on any atom is 0.294 e. The summed E-state index contributed by atoms with van der Waals surface area (Å²) >= 11 is 0. The number of aliphatic hydroxyl groups is 1. The van der Waals surface area contributed by atoms with Gasteiger partial charge in [0.25, 0.3) is 11.7 Å². The Morgan fingerprint density at radius 2 is 1.65 bits per heavy atom. The minimum Gasteiger partial charge on any atom is -0.507 e. The van der Waals surface area contributed by atoms with Crippen molar-refractivity contribution >= 4 is 40.7 Å². The number of amides is 2. The summed E-state index contributed by atoms with van der Waals surface area (Å²) in [5, 5.41) is 22.0. The van der Waals surface area contributed by atoms with E-state index in [1.807, 2.05) is 0 Å². The normalized spacial score (nSPS) is 30.9. The van der Waals surface area contributed by atoms with Gasteiger partial charge in [-0.1, -0.05) is 0 Å². The van der Waals surface area contributed by atoms with Crippen molar-refractivity contribution in [3.8, 4) is 5.75 Å². The minimum absolute atomic E-state index is 0.0783. The van der Waals surface area contributed by atoms with Gasteiger partial charge in [-0.3, -0.25) is 38.5 Å². The molecule has 2 fully saturated rings. The molecule has 3 aliphatic carbocycles. The van der Waals surface area contributed by atoms with Gasteiger partial charge >= 0.3 is 0 Å². The van der Waals surface area contributed by atoms with Crippen molar-refractivity contribution in [3.63, 3.8) is 0 Å². The summed E-state index contributed by atoms with van der Waals surface area (Å²) in [6.45, 7) is 0. The Kier molecular flexibility index (Phi) is 6.16. The van der Waals surface area contributed by atoms with Crippen molar-refractivity contribution in [2.24, 2.45) is 29.4 Å². The van der Waals surface area contributed by atoms with Crippen molar-refractivity contribution in [3.05, 3.63) is 28.8 Å². The van der Waals surface area contributed by atoms with Crippen LogP contribution in [0.3, 0.4) is 0 Å². The Balaban J connectivity index is 1.87. The van der Waals surface area contributed by atoms with Crippen LogP contribution in [0.4, 0.5) is 0 Å². The number of primary amides is 1. The van der Waals surface area contributed by atoms with Crippen molar-refractivity contribution in [1.29, 1.82) is 0 Å². The molecule has 196 valence electrons. The van der Waals surface area contributed by atoms with Crippen molar-refractivity contribution in [2.75, 3.05) is 28.2 Å². The number of ketones is 5. The Bertz CT molecular complexity index is 1300. The van der Waals surface area contributed by atoms with Gasteiger partial charge in [-0.15, -0.1) is 0 Å².